The molecule has 2 aromatic rings. The minimum Gasteiger partial charge on any atom is -0.395 e. The Morgan fingerprint density at radius 1 is 1.20 bits per heavy atom. The van der Waals surface area contributed by atoms with E-state index in [4.69, 9.17) is 0 Å². The first-order valence-corrected chi connectivity index (χ1v) is 7.30. The smallest absolute Gasteiger partial charge is 0.0645 e. The minimum atomic E-state index is 0.257. The molecule has 0 bridgehead atoms. The number of aromatic nitrogens is 2. The van der Waals surface area contributed by atoms with Gasteiger partial charge in [0, 0.05) is 24.3 Å². The number of aliphatic hydroxyl groups is 1. The topological polar surface area (TPSA) is 41.3 Å². The minimum absolute atomic E-state index is 0.257. The molecule has 4 nitrogen and oxygen atoms in total. The molecule has 1 aromatic carbocycles. The Bertz CT molecular complexity index is 538. The van der Waals surface area contributed by atoms with Crippen LogP contribution in [0, 0.1) is 0 Å². The average molecular weight is 271 g/mol. The van der Waals surface area contributed by atoms with Gasteiger partial charge in [-0.05, 0) is 31.5 Å². The lowest BCUT2D eigenvalue weighted by atomic mass is 10.0. The van der Waals surface area contributed by atoms with Crippen LogP contribution in [0.2, 0.25) is 0 Å². The van der Waals surface area contributed by atoms with Gasteiger partial charge < -0.3 is 5.11 Å². The van der Waals surface area contributed by atoms with Gasteiger partial charge in [0.05, 0.1) is 18.5 Å². The van der Waals surface area contributed by atoms with Gasteiger partial charge >= 0.3 is 0 Å². The van der Waals surface area contributed by atoms with Crippen LogP contribution in [0.25, 0.3) is 5.69 Å². The van der Waals surface area contributed by atoms with Crippen LogP contribution in [0.15, 0.2) is 42.7 Å². The average Bonchev–Trinajstić information content (AvgIpc) is 2.97. The molecular weight excluding hydrogens is 250 g/mol. The third-order valence-corrected chi connectivity index (χ3v) is 4.00. The first-order chi connectivity index (χ1) is 9.86. The second-order valence-corrected chi connectivity index (χ2v) is 5.43. The highest BCUT2D eigenvalue weighted by atomic mass is 16.3. The summed E-state index contributed by atoms with van der Waals surface area (Å²) in [4.78, 5) is 2.37. The van der Waals surface area contributed by atoms with E-state index in [-0.39, 0.29) is 6.61 Å². The lowest BCUT2D eigenvalue weighted by Crippen LogP contribution is -2.41. The van der Waals surface area contributed by atoms with Gasteiger partial charge in [-0.2, -0.15) is 5.10 Å². The Labute approximate surface area is 119 Å². The fraction of sp³-hybridized carbons (Fsp3) is 0.438. The predicted molar refractivity (Wildman–Crippen MR) is 78.7 cm³/mol. The van der Waals surface area contributed by atoms with Crippen LogP contribution in [0.1, 0.15) is 24.8 Å². The molecule has 1 aromatic heterocycles. The molecule has 0 spiro atoms. The molecule has 0 amide bonds. The second-order valence-electron chi connectivity index (χ2n) is 5.43. The van der Waals surface area contributed by atoms with E-state index >= 15 is 0 Å². The number of piperidine rings is 1. The summed E-state index contributed by atoms with van der Waals surface area (Å²) >= 11 is 0. The van der Waals surface area contributed by atoms with Gasteiger partial charge in [-0.25, -0.2) is 4.68 Å². The number of hydrogen-bond donors (Lipinski definition) is 1. The summed E-state index contributed by atoms with van der Waals surface area (Å²) in [7, 11) is 0. The van der Waals surface area contributed by atoms with E-state index in [0.717, 1.165) is 25.2 Å². The van der Waals surface area contributed by atoms with Crippen molar-refractivity contribution in [1.82, 2.24) is 14.7 Å². The number of likely N-dealkylation sites (tertiary alicyclic amines) is 1. The summed E-state index contributed by atoms with van der Waals surface area (Å²) in [6.07, 6.45) is 7.56. The molecule has 20 heavy (non-hydrogen) atoms. The summed E-state index contributed by atoms with van der Waals surface area (Å²) in [5, 5.41) is 13.9. The number of benzene rings is 1. The summed E-state index contributed by atoms with van der Waals surface area (Å²) in [6.45, 7) is 2.20. The highest BCUT2D eigenvalue weighted by Gasteiger charge is 2.21. The zero-order valence-corrected chi connectivity index (χ0v) is 11.7. The van der Waals surface area contributed by atoms with Crippen molar-refractivity contribution in [2.75, 3.05) is 13.2 Å². The molecule has 0 saturated carbocycles. The highest BCUT2D eigenvalue weighted by molar-refractivity contribution is 5.30. The standard InChI is InChI=1S/C16H21N3O/c20-13-16-8-4-5-9-18(16)11-14-10-17-19(12-14)15-6-2-1-3-7-15/h1-3,6-7,10,12,16,20H,4-5,8-9,11,13H2. The van der Waals surface area contributed by atoms with E-state index in [9.17, 15) is 5.11 Å². The van der Waals surface area contributed by atoms with Crippen molar-refractivity contribution in [3.8, 4) is 5.69 Å². The van der Waals surface area contributed by atoms with Crippen LogP contribution in [-0.4, -0.2) is 39.0 Å². The first-order valence-electron chi connectivity index (χ1n) is 7.30. The first kappa shape index (κ1) is 13.3. The second kappa shape index (κ2) is 6.20. The van der Waals surface area contributed by atoms with Crippen LogP contribution in [-0.2, 0) is 6.54 Å². The zero-order valence-electron chi connectivity index (χ0n) is 11.7. The Hall–Kier alpha value is -1.65. The molecule has 1 saturated heterocycles. The molecule has 0 radical (unpaired) electrons. The third kappa shape index (κ3) is 2.92. The van der Waals surface area contributed by atoms with E-state index in [0.29, 0.717) is 6.04 Å². The Balaban J connectivity index is 1.71. The summed E-state index contributed by atoms with van der Waals surface area (Å²) in [5.74, 6) is 0. The predicted octanol–water partition coefficient (Wildman–Crippen LogP) is 2.22. The normalized spacial score (nSPS) is 20.1. The highest BCUT2D eigenvalue weighted by Crippen LogP contribution is 2.19. The summed E-state index contributed by atoms with van der Waals surface area (Å²) < 4.78 is 1.91. The van der Waals surface area contributed by atoms with E-state index in [1.54, 1.807) is 0 Å². The van der Waals surface area contributed by atoms with E-state index in [1.807, 2.05) is 41.2 Å². The fourth-order valence-corrected chi connectivity index (χ4v) is 2.87. The molecule has 3 rings (SSSR count). The Morgan fingerprint density at radius 3 is 2.85 bits per heavy atom. The Morgan fingerprint density at radius 2 is 2.05 bits per heavy atom. The maximum atomic E-state index is 9.46. The lowest BCUT2D eigenvalue weighted by molar-refractivity contribution is 0.0841. The van der Waals surface area contributed by atoms with Crippen molar-refractivity contribution >= 4 is 0 Å². The quantitative estimate of drug-likeness (QED) is 0.927. The molecule has 0 aliphatic carbocycles. The molecule has 1 unspecified atom stereocenters. The largest absolute Gasteiger partial charge is 0.395 e. The van der Waals surface area contributed by atoms with Gasteiger partial charge in [0.1, 0.15) is 0 Å². The third-order valence-electron chi connectivity index (χ3n) is 4.00. The van der Waals surface area contributed by atoms with Crippen LogP contribution in [0.3, 0.4) is 0 Å². The molecular formula is C16H21N3O. The van der Waals surface area contributed by atoms with Crippen molar-refractivity contribution in [1.29, 1.82) is 0 Å². The SMILES string of the molecule is OCC1CCCCN1Cc1cnn(-c2ccccc2)c1. The zero-order chi connectivity index (χ0) is 13.8. The fourth-order valence-electron chi connectivity index (χ4n) is 2.87. The number of para-hydroxylation sites is 1. The number of aliphatic hydroxyl groups excluding tert-OH is 1. The van der Waals surface area contributed by atoms with Crippen molar-refractivity contribution in [2.24, 2.45) is 0 Å². The van der Waals surface area contributed by atoms with Crippen LogP contribution in [0.4, 0.5) is 0 Å². The monoisotopic (exact) mass is 271 g/mol. The Kier molecular flexibility index (Phi) is 4.14. The van der Waals surface area contributed by atoms with Crippen molar-refractivity contribution in [2.45, 2.75) is 31.8 Å². The van der Waals surface area contributed by atoms with Gasteiger partial charge in [0.15, 0.2) is 0 Å². The number of hydrogen-bond acceptors (Lipinski definition) is 3. The molecule has 1 N–H and O–H groups in total. The van der Waals surface area contributed by atoms with Crippen LogP contribution < -0.4 is 0 Å². The van der Waals surface area contributed by atoms with Gasteiger partial charge in [-0.1, -0.05) is 24.6 Å². The van der Waals surface area contributed by atoms with Crippen molar-refractivity contribution in [3.63, 3.8) is 0 Å². The maximum absolute atomic E-state index is 9.46. The molecule has 106 valence electrons. The molecule has 4 heteroatoms. The maximum Gasteiger partial charge on any atom is 0.0645 e. The van der Waals surface area contributed by atoms with Gasteiger partial charge in [-0.3, -0.25) is 4.90 Å². The van der Waals surface area contributed by atoms with Crippen LogP contribution >= 0.6 is 0 Å². The lowest BCUT2D eigenvalue weighted by Gasteiger charge is -2.34. The van der Waals surface area contributed by atoms with Gasteiger partial charge in [0.25, 0.3) is 0 Å². The number of nitrogens with zero attached hydrogens (tertiary/aromatic N) is 3. The van der Waals surface area contributed by atoms with E-state index < -0.39 is 0 Å². The summed E-state index contributed by atoms with van der Waals surface area (Å²) in [6, 6.07) is 10.5. The van der Waals surface area contributed by atoms with E-state index in [2.05, 4.69) is 16.2 Å². The van der Waals surface area contributed by atoms with Crippen molar-refractivity contribution < 1.29 is 5.11 Å². The molecule has 1 atom stereocenters. The van der Waals surface area contributed by atoms with Gasteiger partial charge in [0.2, 0.25) is 0 Å². The molecule has 1 fully saturated rings. The summed E-state index contributed by atoms with van der Waals surface area (Å²) in [5.41, 5.74) is 2.28. The number of rotatable bonds is 4. The van der Waals surface area contributed by atoms with Crippen molar-refractivity contribution in [3.05, 3.63) is 48.3 Å². The van der Waals surface area contributed by atoms with E-state index in [1.165, 1.54) is 18.4 Å². The van der Waals surface area contributed by atoms with Crippen LogP contribution in [0.5, 0.6) is 0 Å². The molecule has 2 heterocycles. The van der Waals surface area contributed by atoms with Gasteiger partial charge in [-0.15, -0.1) is 0 Å². The molecule has 1 aliphatic heterocycles. The molecule has 1 aliphatic rings.